The SMILES string of the molecule is Cc1ccc(/C=C(\NC(=O)c2ccc(OCCc3ccc(F)cc3)cc2)C(=O)NCCO)cc1. The molecule has 3 N–H and O–H groups in total. The van der Waals surface area contributed by atoms with Crippen LogP contribution in [0.25, 0.3) is 6.08 Å². The Kier molecular flexibility index (Phi) is 8.94. The van der Waals surface area contributed by atoms with E-state index in [1.54, 1.807) is 42.5 Å². The molecule has 6 nitrogen and oxygen atoms in total. The number of amides is 2. The number of aliphatic hydroxyl groups is 1. The minimum Gasteiger partial charge on any atom is -0.493 e. The Morgan fingerprint density at radius 2 is 1.65 bits per heavy atom. The van der Waals surface area contributed by atoms with Gasteiger partial charge in [-0.15, -0.1) is 0 Å². The smallest absolute Gasteiger partial charge is 0.267 e. The van der Waals surface area contributed by atoms with Crippen molar-refractivity contribution in [2.45, 2.75) is 13.3 Å². The third-order valence-electron chi connectivity index (χ3n) is 4.97. The lowest BCUT2D eigenvalue weighted by Gasteiger charge is -2.11. The third kappa shape index (κ3) is 7.56. The largest absolute Gasteiger partial charge is 0.493 e. The fraction of sp³-hybridized carbons (Fsp3) is 0.185. The van der Waals surface area contributed by atoms with Crippen molar-refractivity contribution in [3.63, 3.8) is 0 Å². The second kappa shape index (κ2) is 12.3. The van der Waals surface area contributed by atoms with Gasteiger partial charge in [-0.05, 0) is 60.5 Å². The van der Waals surface area contributed by atoms with E-state index in [-0.39, 0.29) is 24.7 Å². The van der Waals surface area contributed by atoms with Crippen molar-refractivity contribution in [2.24, 2.45) is 0 Å². The average molecular weight is 463 g/mol. The molecule has 7 heteroatoms. The molecule has 0 aliphatic rings. The van der Waals surface area contributed by atoms with Crippen LogP contribution in [0.1, 0.15) is 27.0 Å². The number of carbonyl (C=O) groups excluding carboxylic acids is 2. The van der Waals surface area contributed by atoms with Crippen LogP contribution in [0.4, 0.5) is 4.39 Å². The standard InChI is InChI=1S/C27H27FN2O4/c1-19-2-4-21(5-3-19)18-25(27(33)29-15-16-31)30-26(32)22-8-12-24(13-9-22)34-17-14-20-6-10-23(28)11-7-20/h2-13,18,31H,14-17H2,1H3,(H,29,33)(H,30,32)/b25-18-. The van der Waals surface area contributed by atoms with Crippen LogP contribution < -0.4 is 15.4 Å². The molecule has 0 spiro atoms. The summed E-state index contributed by atoms with van der Waals surface area (Å²) in [5, 5.41) is 14.2. The maximum atomic E-state index is 13.0. The summed E-state index contributed by atoms with van der Waals surface area (Å²) in [7, 11) is 0. The Balaban J connectivity index is 1.63. The van der Waals surface area contributed by atoms with Gasteiger partial charge in [-0.1, -0.05) is 42.0 Å². The highest BCUT2D eigenvalue weighted by atomic mass is 19.1. The van der Waals surface area contributed by atoms with E-state index in [0.717, 1.165) is 16.7 Å². The van der Waals surface area contributed by atoms with Crippen molar-refractivity contribution >= 4 is 17.9 Å². The lowest BCUT2D eigenvalue weighted by atomic mass is 10.1. The van der Waals surface area contributed by atoms with Gasteiger partial charge in [0.2, 0.25) is 0 Å². The number of halogens is 1. The summed E-state index contributed by atoms with van der Waals surface area (Å²) in [6.45, 7) is 2.23. The van der Waals surface area contributed by atoms with E-state index in [0.29, 0.717) is 24.3 Å². The highest BCUT2D eigenvalue weighted by Gasteiger charge is 2.14. The minimum atomic E-state index is -0.497. The molecular weight excluding hydrogens is 435 g/mol. The summed E-state index contributed by atoms with van der Waals surface area (Å²) in [5.41, 5.74) is 3.22. The van der Waals surface area contributed by atoms with Crippen molar-refractivity contribution < 1.29 is 23.8 Å². The molecule has 3 aromatic carbocycles. The molecule has 0 fully saturated rings. The predicted octanol–water partition coefficient (Wildman–Crippen LogP) is 3.64. The summed E-state index contributed by atoms with van der Waals surface area (Å²) in [6.07, 6.45) is 2.20. The molecule has 3 aromatic rings. The monoisotopic (exact) mass is 462 g/mol. The molecule has 0 aliphatic heterocycles. The first-order valence-corrected chi connectivity index (χ1v) is 10.9. The number of aliphatic hydroxyl groups excluding tert-OH is 1. The fourth-order valence-electron chi connectivity index (χ4n) is 3.09. The first kappa shape index (κ1) is 24.7. The van der Waals surface area contributed by atoms with Gasteiger partial charge in [-0.3, -0.25) is 9.59 Å². The average Bonchev–Trinajstić information content (AvgIpc) is 2.85. The zero-order valence-electron chi connectivity index (χ0n) is 18.9. The molecular formula is C27H27FN2O4. The normalized spacial score (nSPS) is 11.1. The maximum absolute atomic E-state index is 13.0. The van der Waals surface area contributed by atoms with Crippen molar-refractivity contribution in [2.75, 3.05) is 19.8 Å². The number of ether oxygens (including phenoxy) is 1. The maximum Gasteiger partial charge on any atom is 0.267 e. The predicted molar refractivity (Wildman–Crippen MR) is 129 cm³/mol. The third-order valence-corrected chi connectivity index (χ3v) is 4.97. The number of hydrogen-bond donors (Lipinski definition) is 3. The summed E-state index contributed by atoms with van der Waals surface area (Å²) in [5.74, 6) is -0.629. The number of hydrogen-bond acceptors (Lipinski definition) is 4. The van der Waals surface area contributed by atoms with Crippen LogP contribution in [0.5, 0.6) is 5.75 Å². The number of carbonyl (C=O) groups is 2. The first-order valence-electron chi connectivity index (χ1n) is 10.9. The molecule has 2 amide bonds. The number of benzene rings is 3. The quantitative estimate of drug-likeness (QED) is 0.402. The van der Waals surface area contributed by atoms with Crippen LogP contribution in [0.3, 0.4) is 0 Å². The zero-order chi connectivity index (χ0) is 24.3. The van der Waals surface area contributed by atoms with E-state index in [4.69, 9.17) is 9.84 Å². The van der Waals surface area contributed by atoms with Gasteiger partial charge >= 0.3 is 0 Å². The number of aryl methyl sites for hydroxylation is 1. The van der Waals surface area contributed by atoms with Crippen LogP contribution in [0, 0.1) is 12.7 Å². The summed E-state index contributed by atoms with van der Waals surface area (Å²) < 4.78 is 18.7. The highest BCUT2D eigenvalue weighted by Crippen LogP contribution is 2.14. The van der Waals surface area contributed by atoms with Gasteiger partial charge in [0.15, 0.2) is 0 Å². The lowest BCUT2D eigenvalue weighted by Crippen LogP contribution is -2.36. The van der Waals surface area contributed by atoms with Crippen LogP contribution in [-0.4, -0.2) is 36.7 Å². The summed E-state index contributed by atoms with van der Waals surface area (Å²) in [4.78, 5) is 25.3. The summed E-state index contributed by atoms with van der Waals surface area (Å²) >= 11 is 0. The van der Waals surface area contributed by atoms with E-state index in [1.807, 2.05) is 31.2 Å². The summed E-state index contributed by atoms with van der Waals surface area (Å²) in [6, 6.07) is 20.3. The molecule has 0 aliphatic carbocycles. The Morgan fingerprint density at radius 3 is 2.29 bits per heavy atom. The molecule has 0 saturated carbocycles. The second-order valence-corrected chi connectivity index (χ2v) is 7.65. The van der Waals surface area contributed by atoms with Crippen LogP contribution >= 0.6 is 0 Å². The van der Waals surface area contributed by atoms with Crippen molar-refractivity contribution in [1.29, 1.82) is 0 Å². The van der Waals surface area contributed by atoms with E-state index in [9.17, 15) is 14.0 Å². The zero-order valence-corrected chi connectivity index (χ0v) is 18.9. The lowest BCUT2D eigenvalue weighted by molar-refractivity contribution is -0.117. The Labute approximate surface area is 198 Å². The van der Waals surface area contributed by atoms with Crippen molar-refractivity contribution in [3.05, 3.63) is 107 Å². The van der Waals surface area contributed by atoms with Crippen molar-refractivity contribution in [1.82, 2.24) is 10.6 Å². The molecule has 0 bridgehead atoms. The van der Waals surface area contributed by atoms with Crippen LogP contribution in [0.15, 0.2) is 78.5 Å². The van der Waals surface area contributed by atoms with Crippen molar-refractivity contribution in [3.8, 4) is 5.75 Å². The van der Waals surface area contributed by atoms with E-state index >= 15 is 0 Å². The molecule has 0 aromatic heterocycles. The van der Waals surface area contributed by atoms with E-state index in [1.165, 1.54) is 12.1 Å². The number of nitrogens with one attached hydrogen (secondary N) is 2. The van der Waals surface area contributed by atoms with Gasteiger partial charge in [0.05, 0.1) is 13.2 Å². The molecule has 3 rings (SSSR count). The molecule has 0 saturated heterocycles. The Hall–Kier alpha value is -3.97. The van der Waals surface area contributed by atoms with Gasteiger partial charge in [-0.25, -0.2) is 4.39 Å². The second-order valence-electron chi connectivity index (χ2n) is 7.65. The van der Waals surface area contributed by atoms with Gasteiger partial charge in [-0.2, -0.15) is 0 Å². The Morgan fingerprint density at radius 1 is 0.971 bits per heavy atom. The minimum absolute atomic E-state index is 0.0712. The fourth-order valence-corrected chi connectivity index (χ4v) is 3.09. The first-order chi connectivity index (χ1) is 16.4. The molecule has 176 valence electrons. The molecule has 34 heavy (non-hydrogen) atoms. The molecule has 0 unspecified atom stereocenters. The van der Waals surface area contributed by atoms with E-state index < -0.39 is 11.8 Å². The number of rotatable bonds is 10. The van der Waals surface area contributed by atoms with Gasteiger partial charge in [0.25, 0.3) is 11.8 Å². The molecule has 0 radical (unpaired) electrons. The Bertz CT molecular complexity index is 1120. The van der Waals surface area contributed by atoms with Gasteiger partial charge < -0.3 is 20.5 Å². The van der Waals surface area contributed by atoms with Crippen LogP contribution in [-0.2, 0) is 11.2 Å². The topological polar surface area (TPSA) is 87.7 Å². The van der Waals surface area contributed by atoms with Crippen LogP contribution in [0.2, 0.25) is 0 Å². The molecule has 0 heterocycles. The molecule has 0 atom stereocenters. The highest BCUT2D eigenvalue weighted by molar-refractivity contribution is 6.05. The van der Waals surface area contributed by atoms with Gasteiger partial charge in [0.1, 0.15) is 17.3 Å². The van der Waals surface area contributed by atoms with Gasteiger partial charge in [0, 0.05) is 18.5 Å². The van der Waals surface area contributed by atoms with E-state index in [2.05, 4.69) is 10.6 Å².